The molecular formula is C10H14O. The van der Waals surface area contributed by atoms with Crippen LogP contribution in [0.5, 0.6) is 0 Å². The van der Waals surface area contributed by atoms with Crippen LogP contribution in [0.25, 0.3) is 0 Å². The third-order valence-corrected chi connectivity index (χ3v) is 1.93. The Balaban J connectivity index is 2.84. The molecule has 1 aromatic heterocycles. The molecule has 11 heavy (non-hydrogen) atoms. The minimum atomic E-state index is 0.337. The van der Waals surface area contributed by atoms with E-state index < -0.39 is 0 Å². The van der Waals surface area contributed by atoms with Crippen molar-refractivity contribution in [2.75, 3.05) is 0 Å². The standard InChI is InChI=1S/C10H14O/c1-7(2)9(4)10-6-5-8(3)11-10/h5-6,9H,1H2,2-4H3/t9-/m1/s1. The van der Waals surface area contributed by atoms with E-state index in [1.54, 1.807) is 0 Å². The number of hydrogen-bond acceptors (Lipinski definition) is 1. The minimum absolute atomic E-state index is 0.337. The molecule has 1 atom stereocenters. The van der Waals surface area contributed by atoms with Crippen LogP contribution in [0.2, 0.25) is 0 Å². The van der Waals surface area contributed by atoms with Gasteiger partial charge in [0.2, 0.25) is 0 Å². The van der Waals surface area contributed by atoms with E-state index in [-0.39, 0.29) is 0 Å². The number of hydrogen-bond donors (Lipinski definition) is 0. The summed E-state index contributed by atoms with van der Waals surface area (Å²) >= 11 is 0. The predicted octanol–water partition coefficient (Wildman–Crippen LogP) is 3.27. The van der Waals surface area contributed by atoms with Gasteiger partial charge in [0.25, 0.3) is 0 Å². The predicted molar refractivity (Wildman–Crippen MR) is 46.7 cm³/mol. The normalized spacial score (nSPS) is 13.0. The summed E-state index contributed by atoms with van der Waals surface area (Å²) in [5.41, 5.74) is 1.14. The molecule has 1 heterocycles. The molecule has 1 heteroatoms. The van der Waals surface area contributed by atoms with E-state index in [1.165, 1.54) is 0 Å². The molecule has 0 saturated carbocycles. The lowest BCUT2D eigenvalue weighted by molar-refractivity contribution is 0.469. The van der Waals surface area contributed by atoms with Crippen LogP contribution in [-0.4, -0.2) is 0 Å². The Morgan fingerprint density at radius 3 is 2.55 bits per heavy atom. The summed E-state index contributed by atoms with van der Waals surface area (Å²) in [6, 6.07) is 3.99. The van der Waals surface area contributed by atoms with Crippen LogP contribution >= 0.6 is 0 Å². The first kappa shape index (κ1) is 8.12. The van der Waals surface area contributed by atoms with Gasteiger partial charge >= 0.3 is 0 Å². The molecule has 60 valence electrons. The highest BCUT2D eigenvalue weighted by Crippen LogP contribution is 2.23. The maximum absolute atomic E-state index is 5.45. The van der Waals surface area contributed by atoms with E-state index in [2.05, 4.69) is 13.5 Å². The van der Waals surface area contributed by atoms with Crippen LogP contribution in [0.1, 0.15) is 31.3 Å². The summed E-state index contributed by atoms with van der Waals surface area (Å²) in [5.74, 6) is 2.31. The van der Waals surface area contributed by atoms with Crippen molar-refractivity contribution in [1.29, 1.82) is 0 Å². The van der Waals surface area contributed by atoms with E-state index in [9.17, 15) is 0 Å². The molecule has 0 aliphatic heterocycles. The topological polar surface area (TPSA) is 13.1 Å². The van der Waals surface area contributed by atoms with Crippen molar-refractivity contribution in [2.45, 2.75) is 26.7 Å². The van der Waals surface area contributed by atoms with Gasteiger partial charge in [-0.2, -0.15) is 0 Å². The molecular weight excluding hydrogens is 136 g/mol. The summed E-state index contributed by atoms with van der Waals surface area (Å²) in [7, 11) is 0. The SMILES string of the molecule is C=C(C)[C@@H](C)c1ccc(C)o1. The first-order valence-electron chi connectivity index (χ1n) is 3.83. The van der Waals surface area contributed by atoms with E-state index in [0.29, 0.717) is 5.92 Å². The van der Waals surface area contributed by atoms with Gasteiger partial charge in [0.05, 0.1) is 0 Å². The van der Waals surface area contributed by atoms with E-state index in [0.717, 1.165) is 17.1 Å². The van der Waals surface area contributed by atoms with E-state index in [4.69, 9.17) is 4.42 Å². The Labute approximate surface area is 67.7 Å². The Morgan fingerprint density at radius 2 is 2.18 bits per heavy atom. The van der Waals surface area contributed by atoms with Gasteiger partial charge in [-0.25, -0.2) is 0 Å². The third kappa shape index (κ3) is 1.73. The van der Waals surface area contributed by atoms with Crippen LogP contribution in [0.3, 0.4) is 0 Å². The second-order valence-electron chi connectivity index (χ2n) is 3.02. The lowest BCUT2D eigenvalue weighted by atomic mass is 10.0. The lowest BCUT2D eigenvalue weighted by Gasteiger charge is -2.06. The highest BCUT2D eigenvalue weighted by Gasteiger charge is 2.08. The minimum Gasteiger partial charge on any atom is -0.466 e. The molecule has 0 saturated heterocycles. The Kier molecular flexibility index (Phi) is 2.18. The second-order valence-corrected chi connectivity index (χ2v) is 3.02. The fourth-order valence-corrected chi connectivity index (χ4v) is 0.929. The molecule has 0 unspecified atom stereocenters. The fourth-order valence-electron chi connectivity index (χ4n) is 0.929. The molecule has 0 spiro atoms. The molecule has 1 rings (SSSR count). The van der Waals surface area contributed by atoms with Gasteiger partial charge in [-0.15, -0.1) is 0 Å². The highest BCUT2D eigenvalue weighted by molar-refractivity contribution is 5.18. The Bertz CT molecular complexity index is 258. The van der Waals surface area contributed by atoms with Crippen LogP contribution < -0.4 is 0 Å². The van der Waals surface area contributed by atoms with E-state index in [1.807, 2.05) is 26.0 Å². The second kappa shape index (κ2) is 2.95. The van der Waals surface area contributed by atoms with Gasteiger partial charge in [-0.05, 0) is 26.0 Å². The zero-order valence-electron chi connectivity index (χ0n) is 7.35. The largest absolute Gasteiger partial charge is 0.466 e. The van der Waals surface area contributed by atoms with Crippen molar-refractivity contribution in [3.63, 3.8) is 0 Å². The maximum Gasteiger partial charge on any atom is 0.110 e. The van der Waals surface area contributed by atoms with E-state index >= 15 is 0 Å². The van der Waals surface area contributed by atoms with Crippen LogP contribution in [0, 0.1) is 6.92 Å². The molecule has 0 aliphatic rings. The summed E-state index contributed by atoms with van der Waals surface area (Å²) in [6.45, 7) is 9.95. The van der Waals surface area contributed by atoms with Crippen LogP contribution in [0.4, 0.5) is 0 Å². The summed E-state index contributed by atoms with van der Waals surface area (Å²) in [5, 5.41) is 0. The molecule has 0 amide bonds. The van der Waals surface area contributed by atoms with Gasteiger partial charge in [0, 0.05) is 5.92 Å². The third-order valence-electron chi connectivity index (χ3n) is 1.93. The van der Waals surface area contributed by atoms with Crippen molar-refractivity contribution < 1.29 is 4.42 Å². The molecule has 0 N–H and O–H groups in total. The fraction of sp³-hybridized carbons (Fsp3) is 0.400. The van der Waals surface area contributed by atoms with Gasteiger partial charge < -0.3 is 4.42 Å². The average Bonchev–Trinajstić information content (AvgIpc) is 2.34. The number of allylic oxidation sites excluding steroid dienone is 1. The molecule has 0 radical (unpaired) electrons. The van der Waals surface area contributed by atoms with Crippen LogP contribution in [-0.2, 0) is 0 Å². The molecule has 0 aromatic carbocycles. The molecule has 1 nitrogen and oxygen atoms in total. The monoisotopic (exact) mass is 150 g/mol. The molecule has 0 bridgehead atoms. The molecule has 0 aliphatic carbocycles. The quantitative estimate of drug-likeness (QED) is 0.590. The number of aryl methyl sites for hydroxylation is 1. The Hall–Kier alpha value is -0.980. The van der Waals surface area contributed by atoms with Crippen molar-refractivity contribution in [1.82, 2.24) is 0 Å². The highest BCUT2D eigenvalue weighted by atomic mass is 16.3. The molecule has 0 fully saturated rings. The summed E-state index contributed by atoms with van der Waals surface area (Å²) < 4.78 is 5.45. The number of furan rings is 1. The van der Waals surface area contributed by atoms with Crippen molar-refractivity contribution >= 4 is 0 Å². The number of rotatable bonds is 2. The van der Waals surface area contributed by atoms with Crippen molar-refractivity contribution in [3.8, 4) is 0 Å². The van der Waals surface area contributed by atoms with Gasteiger partial charge in [-0.3, -0.25) is 0 Å². The average molecular weight is 150 g/mol. The van der Waals surface area contributed by atoms with Gasteiger partial charge in [-0.1, -0.05) is 19.1 Å². The first-order chi connectivity index (χ1) is 5.11. The van der Waals surface area contributed by atoms with Crippen LogP contribution in [0.15, 0.2) is 28.7 Å². The van der Waals surface area contributed by atoms with Crippen molar-refractivity contribution in [3.05, 3.63) is 35.8 Å². The van der Waals surface area contributed by atoms with Crippen molar-refractivity contribution in [2.24, 2.45) is 0 Å². The smallest absolute Gasteiger partial charge is 0.110 e. The molecule has 1 aromatic rings. The zero-order chi connectivity index (χ0) is 8.43. The zero-order valence-corrected chi connectivity index (χ0v) is 7.35. The van der Waals surface area contributed by atoms with Gasteiger partial charge in [0.1, 0.15) is 11.5 Å². The summed E-state index contributed by atoms with van der Waals surface area (Å²) in [6.07, 6.45) is 0. The lowest BCUT2D eigenvalue weighted by Crippen LogP contribution is -1.90. The summed E-state index contributed by atoms with van der Waals surface area (Å²) in [4.78, 5) is 0. The maximum atomic E-state index is 5.45. The Morgan fingerprint density at radius 1 is 1.55 bits per heavy atom. The first-order valence-corrected chi connectivity index (χ1v) is 3.83. The van der Waals surface area contributed by atoms with Gasteiger partial charge in [0.15, 0.2) is 0 Å².